The summed E-state index contributed by atoms with van der Waals surface area (Å²) in [7, 11) is 2.12. The van der Waals surface area contributed by atoms with Gasteiger partial charge in [-0.25, -0.2) is 0 Å². The van der Waals surface area contributed by atoms with Gasteiger partial charge in [-0.3, -0.25) is 10.1 Å². The molecule has 1 aromatic rings. The predicted octanol–water partition coefficient (Wildman–Crippen LogP) is 1.13. The molecule has 0 aliphatic carbocycles. The monoisotopic (exact) mass is 259 g/mol. The van der Waals surface area contributed by atoms with E-state index in [1.165, 1.54) is 11.1 Å². The predicted molar refractivity (Wildman–Crippen MR) is 74.7 cm³/mol. The van der Waals surface area contributed by atoms with Crippen molar-refractivity contribution in [2.75, 3.05) is 26.7 Å². The largest absolute Gasteiger partial charge is 0.317 e. The van der Waals surface area contributed by atoms with Crippen molar-refractivity contribution in [2.45, 2.75) is 25.6 Å². The molecule has 0 spiro atoms. The average Bonchev–Trinajstić information content (AvgIpc) is 2.96. The summed E-state index contributed by atoms with van der Waals surface area (Å²) in [5, 5.41) is 3.36. The van der Waals surface area contributed by atoms with Gasteiger partial charge in [0.2, 0.25) is 5.91 Å². The Hall–Kier alpha value is -1.39. The molecule has 3 rings (SSSR count). The standard InChI is InChI=1S/C15H21N3O/c1-11-5-3-4-6-13(11)15-16-9-14(19)18(15)12-7-8-17(2)10-12/h3-6,12,15-16H,7-10H2,1-2H3. The van der Waals surface area contributed by atoms with E-state index >= 15 is 0 Å². The molecule has 0 radical (unpaired) electrons. The molecule has 2 aliphatic rings. The molecule has 0 aromatic heterocycles. The van der Waals surface area contributed by atoms with Crippen molar-refractivity contribution >= 4 is 5.91 Å². The van der Waals surface area contributed by atoms with Gasteiger partial charge in [0.05, 0.1) is 6.54 Å². The number of nitrogens with one attached hydrogen (secondary N) is 1. The Bertz CT molecular complexity index is 488. The number of carbonyl (C=O) groups excluding carboxylic acids is 1. The van der Waals surface area contributed by atoms with Crippen LogP contribution in [0.1, 0.15) is 23.7 Å². The highest BCUT2D eigenvalue weighted by molar-refractivity contribution is 5.81. The number of nitrogens with zero attached hydrogens (tertiary/aromatic N) is 2. The second-order valence-electron chi connectivity index (χ2n) is 5.65. The van der Waals surface area contributed by atoms with Crippen molar-refractivity contribution in [3.8, 4) is 0 Å². The third-order valence-electron chi connectivity index (χ3n) is 4.26. The Morgan fingerprint density at radius 2 is 2.11 bits per heavy atom. The third-order valence-corrected chi connectivity index (χ3v) is 4.26. The fourth-order valence-electron chi connectivity index (χ4n) is 3.22. The summed E-state index contributed by atoms with van der Waals surface area (Å²) in [6.07, 6.45) is 1.12. The molecular formula is C15H21N3O. The maximum atomic E-state index is 12.2. The molecule has 1 aromatic carbocycles. The molecule has 102 valence electrons. The van der Waals surface area contributed by atoms with Gasteiger partial charge in [-0.1, -0.05) is 24.3 Å². The number of carbonyl (C=O) groups is 1. The molecule has 19 heavy (non-hydrogen) atoms. The minimum absolute atomic E-state index is 0.0465. The molecule has 0 bridgehead atoms. The lowest BCUT2D eigenvalue weighted by Gasteiger charge is -2.31. The van der Waals surface area contributed by atoms with Gasteiger partial charge >= 0.3 is 0 Å². The smallest absolute Gasteiger partial charge is 0.238 e. The first-order valence-corrected chi connectivity index (χ1v) is 6.95. The van der Waals surface area contributed by atoms with Crippen molar-refractivity contribution < 1.29 is 4.79 Å². The average molecular weight is 259 g/mol. The van der Waals surface area contributed by atoms with Gasteiger partial charge in [0.15, 0.2) is 0 Å². The van der Waals surface area contributed by atoms with E-state index in [2.05, 4.69) is 41.2 Å². The maximum Gasteiger partial charge on any atom is 0.238 e. The quantitative estimate of drug-likeness (QED) is 0.865. The zero-order chi connectivity index (χ0) is 13.4. The van der Waals surface area contributed by atoms with Crippen LogP contribution in [0, 0.1) is 6.92 Å². The van der Waals surface area contributed by atoms with Crippen molar-refractivity contribution in [3.63, 3.8) is 0 Å². The van der Waals surface area contributed by atoms with Crippen LogP contribution in [-0.4, -0.2) is 48.4 Å². The molecule has 2 atom stereocenters. The molecule has 2 fully saturated rings. The first-order chi connectivity index (χ1) is 9.16. The Kier molecular flexibility index (Phi) is 3.29. The van der Waals surface area contributed by atoms with E-state index in [4.69, 9.17) is 0 Å². The summed E-state index contributed by atoms with van der Waals surface area (Å²) >= 11 is 0. The number of hydrogen-bond acceptors (Lipinski definition) is 3. The van der Waals surface area contributed by atoms with Crippen molar-refractivity contribution in [1.82, 2.24) is 15.1 Å². The number of amides is 1. The molecule has 4 nitrogen and oxygen atoms in total. The van der Waals surface area contributed by atoms with E-state index in [-0.39, 0.29) is 12.1 Å². The summed E-state index contributed by atoms with van der Waals surface area (Å²) in [6.45, 7) is 4.63. The highest BCUT2D eigenvalue weighted by Crippen LogP contribution is 2.29. The van der Waals surface area contributed by atoms with E-state index in [1.807, 2.05) is 12.1 Å². The lowest BCUT2D eigenvalue weighted by Crippen LogP contribution is -2.41. The van der Waals surface area contributed by atoms with Crippen molar-refractivity contribution in [2.24, 2.45) is 0 Å². The van der Waals surface area contributed by atoms with Gasteiger partial charge in [-0.05, 0) is 38.1 Å². The van der Waals surface area contributed by atoms with Crippen LogP contribution in [0.25, 0.3) is 0 Å². The second kappa shape index (κ2) is 4.94. The molecule has 4 heteroatoms. The zero-order valence-corrected chi connectivity index (χ0v) is 11.6. The number of hydrogen-bond donors (Lipinski definition) is 1. The Morgan fingerprint density at radius 3 is 2.79 bits per heavy atom. The minimum Gasteiger partial charge on any atom is -0.317 e. The van der Waals surface area contributed by atoms with Crippen LogP contribution in [0.15, 0.2) is 24.3 Å². The highest BCUT2D eigenvalue weighted by atomic mass is 16.2. The van der Waals surface area contributed by atoms with Gasteiger partial charge in [0, 0.05) is 12.6 Å². The molecule has 2 unspecified atom stereocenters. The van der Waals surface area contributed by atoms with Crippen LogP contribution in [0.2, 0.25) is 0 Å². The molecule has 1 N–H and O–H groups in total. The lowest BCUT2D eigenvalue weighted by atomic mass is 10.0. The van der Waals surface area contributed by atoms with Crippen molar-refractivity contribution in [1.29, 1.82) is 0 Å². The first-order valence-electron chi connectivity index (χ1n) is 6.95. The fraction of sp³-hybridized carbons (Fsp3) is 0.533. The number of benzene rings is 1. The molecule has 1 amide bonds. The van der Waals surface area contributed by atoms with Gasteiger partial charge in [0.1, 0.15) is 6.17 Å². The summed E-state index contributed by atoms with van der Waals surface area (Å²) in [5.41, 5.74) is 2.47. The SMILES string of the molecule is Cc1ccccc1C1NCC(=O)N1C1CCN(C)C1. The second-order valence-corrected chi connectivity index (χ2v) is 5.65. The highest BCUT2D eigenvalue weighted by Gasteiger charge is 2.39. The molecule has 0 saturated carbocycles. The number of likely N-dealkylation sites (N-methyl/N-ethyl adjacent to an activating group) is 1. The maximum absolute atomic E-state index is 12.2. The zero-order valence-electron chi connectivity index (χ0n) is 11.6. The van der Waals surface area contributed by atoms with E-state index in [0.717, 1.165) is 19.5 Å². The van der Waals surface area contributed by atoms with Crippen LogP contribution in [0.3, 0.4) is 0 Å². The van der Waals surface area contributed by atoms with Crippen LogP contribution in [0.5, 0.6) is 0 Å². The van der Waals surface area contributed by atoms with Crippen LogP contribution in [-0.2, 0) is 4.79 Å². The third kappa shape index (κ3) is 2.26. The van der Waals surface area contributed by atoms with E-state index in [9.17, 15) is 4.79 Å². The summed E-state index contributed by atoms with van der Waals surface area (Å²) in [5.74, 6) is 0.230. The molecule has 2 heterocycles. The van der Waals surface area contributed by atoms with Crippen LogP contribution >= 0.6 is 0 Å². The number of aryl methyl sites for hydroxylation is 1. The van der Waals surface area contributed by atoms with Crippen LogP contribution < -0.4 is 5.32 Å². The molecule has 2 aliphatic heterocycles. The summed E-state index contributed by atoms with van der Waals surface area (Å²) < 4.78 is 0. The van der Waals surface area contributed by atoms with Gasteiger partial charge < -0.3 is 9.80 Å². The van der Waals surface area contributed by atoms with Crippen LogP contribution in [0.4, 0.5) is 0 Å². The summed E-state index contributed by atoms with van der Waals surface area (Å²) in [4.78, 5) is 16.6. The molecule has 2 saturated heterocycles. The van der Waals surface area contributed by atoms with Gasteiger partial charge in [-0.15, -0.1) is 0 Å². The van der Waals surface area contributed by atoms with Gasteiger partial charge in [-0.2, -0.15) is 0 Å². The number of likely N-dealkylation sites (tertiary alicyclic amines) is 1. The normalized spacial score (nSPS) is 28.3. The van der Waals surface area contributed by atoms with Gasteiger partial charge in [0.25, 0.3) is 0 Å². The Morgan fingerprint density at radius 1 is 1.32 bits per heavy atom. The Labute approximate surface area is 114 Å². The summed E-state index contributed by atoms with van der Waals surface area (Å²) in [6, 6.07) is 8.67. The van der Waals surface area contributed by atoms with E-state index in [0.29, 0.717) is 12.6 Å². The van der Waals surface area contributed by atoms with E-state index in [1.54, 1.807) is 0 Å². The lowest BCUT2D eigenvalue weighted by molar-refractivity contribution is -0.130. The molecular weight excluding hydrogens is 238 g/mol. The fourth-order valence-corrected chi connectivity index (χ4v) is 3.22. The van der Waals surface area contributed by atoms with Crippen molar-refractivity contribution in [3.05, 3.63) is 35.4 Å². The number of rotatable bonds is 2. The first kappa shape index (κ1) is 12.6. The van der Waals surface area contributed by atoms with E-state index < -0.39 is 0 Å². The minimum atomic E-state index is 0.0465. The Balaban J connectivity index is 1.88. The topological polar surface area (TPSA) is 35.6 Å².